The van der Waals surface area contributed by atoms with Crippen molar-refractivity contribution in [3.05, 3.63) is 23.8 Å². The number of carbonyl (C=O) groups excluding carboxylic acids is 1. The van der Waals surface area contributed by atoms with Crippen LogP contribution in [0.3, 0.4) is 0 Å². The van der Waals surface area contributed by atoms with E-state index in [1.165, 1.54) is 0 Å². The van der Waals surface area contributed by atoms with Crippen molar-refractivity contribution in [2.75, 3.05) is 45.7 Å². The van der Waals surface area contributed by atoms with Gasteiger partial charge in [-0.25, -0.2) is 4.79 Å². The summed E-state index contributed by atoms with van der Waals surface area (Å²) >= 11 is 0. The first-order chi connectivity index (χ1) is 12.4. The molecule has 6 nitrogen and oxygen atoms in total. The molecule has 0 unspecified atom stereocenters. The molecule has 0 radical (unpaired) electrons. The van der Waals surface area contributed by atoms with Crippen LogP contribution in [0.25, 0.3) is 0 Å². The van der Waals surface area contributed by atoms with Crippen LogP contribution < -0.4 is 10.1 Å². The molecule has 0 saturated carbocycles. The molecule has 1 fully saturated rings. The van der Waals surface area contributed by atoms with E-state index in [-0.39, 0.29) is 6.03 Å². The number of amides is 2. The van der Waals surface area contributed by atoms with E-state index in [0.717, 1.165) is 49.5 Å². The molecule has 1 aromatic rings. The van der Waals surface area contributed by atoms with Crippen LogP contribution in [0.4, 0.5) is 10.5 Å². The Labute approximate surface area is 157 Å². The Morgan fingerprint density at radius 1 is 1.27 bits per heavy atom. The fourth-order valence-corrected chi connectivity index (χ4v) is 3.71. The third kappa shape index (κ3) is 4.48. The lowest BCUT2D eigenvalue weighted by atomic mass is 10.00. The van der Waals surface area contributed by atoms with Gasteiger partial charge >= 0.3 is 6.03 Å². The van der Waals surface area contributed by atoms with E-state index in [1.54, 1.807) is 0 Å². The predicted molar refractivity (Wildman–Crippen MR) is 105 cm³/mol. The molecule has 2 aliphatic heterocycles. The van der Waals surface area contributed by atoms with E-state index >= 15 is 0 Å². The SMILES string of the molecule is CC(C)N1CCC(N2Cc3cc(OCCN(C)C)ccc3NC2=O)CC1. The standard InChI is InChI=1S/C20H32N4O2/c1-15(2)23-9-7-17(8-10-23)24-14-16-13-18(26-12-11-22(3)4)5-6-19(16)21-20(24)25/h5-6,13,15,17H,7-12,14H2,1-4H3,(H,21,25). The molecule has 1 saturated heterocycles. The largest absolute Gasteiger partial charge is 0.492 e. The molecule has 0 bridgehead atoms. The Bertz CT molecular complexity index is 624. The lowest BCUT2D eigenvalue weighted by Crippen LogP contribution is -2.51. The summed E-state index contributed by atoms with van der Waals surface area (Å²) in [6.07, 6.45) is 2.08. The number of fused-ring (bicyclic) bond motifs is 1. The molecule has 2 heterocycles. The smallest absolute Gasteiger partial charge is 0.322 e. The molecule has 1 N–H and O–H groups in total. The molecule has 26 heavy (non-hydrogen) atoms. The summed E-state index contributed by atoms with van der Waals surface area (Å²) in [5.41, 5.74) is 2.05. The highest BCUT2D eigenvalue weighted by Gasteiger charge is 2.32. The molecule has 0 atom stereocenters. The van der Waals surface area contributed by atoms with Crippen molar-refractivity contribution in [3.8, 4) is 5.75 Å². The molecular weight excluding hydrogens is 328 g/mol. The third-order valence-electron chi connectivity index (χ3n) is 5.40. The van der Waals surface area contributed by atoms with Crippen LogP contribution in [0.2, 0.25) is 0 Å². The van der Waals surface area contributed by atoms with Crippen LogP contribution in [0.5, 0.6) is 5.75 Å². The van der Waals surface area contributed by atoms with Gasteiger partial charge in [0.15, 0.2) is 0 Å². The number of hydrogen-bond donors (Lipinski definition) is 1. The van der Waals surface area contributed by atoms with Gasteiger partial charge in [0.25, 0.3) is 0 Å². The number of anilines is 1. The second-order valence-corrected chi connectivity index (χ2v) is 7.89. The van der Waals surface area contributed by atoms with Crippen LogP contribution in [0, 0.1) is 0 Å². The van der Waals surface area contributed by atoms with E-state index in [9.17, 15) is 4.79 Å². The van der Waals surface area contributed by atoms with Crippen molar-refractivity contribution in [3.63, 3.8) is 0 Å². The number of nitrogens with zero attached hydrogens (tertiary/aromatic N) is 3. The molecule has 2 amide bonds. The Morgan fingerprint density at radius 3 is 2.65 bits per heavy atom. The Morgan fingerprint density at radius 2 is 2.00 bits per heavy atom. The maximum absolute atomic E-state index is 12.6. The number of carbonyl (C=O) groups is 1. The summed E-state index contributed by atoms with van der Waals surface area (Å²) in [7, 11) is 4.07. The highest BCUT2D eigenvalue weighted by Crippen LogP contribution is 2.30. The summed E-state index contributed by atoms with van der Waals surface area (Å²) in [5.74, 6) is 0.872. The molecule has 6 heteroatoms. The Kier molecular flexibility index (Phi) is 6.04. The predicted octanol–water partition coefficient (Wildman–Crippen LogP) is 2.85. The van der Waals surface area contributed by atoms with Crippen LogP contribution in [0.1, 0.15) is 32.3 Å². The van der Waals surface area contributed by atoms with E-state index in [0.29, 0.717) is 25.2 Å². The molecule has 0 aromatic heterocycles. The number of rotatable bonds is 6. The van der Waals surface area contributed by atoms with Gasteiger partial charge in [0, 0.05) is 44.0 Å². The highest BCUT2D eigenvalue weighted by atomic mass is 16.5. The van der Waals surface area contributed by atoms with Crippen molar-refractivity contribution in [2.45, 2.75) is 45.3 Å². The first-order valence-corrected chi connectivity index (χ1v) is 9.66. The van der Waals surface area contributed by atoms with Crippen LogP contribution in [-0.4, -0.2) is 73.2 Å². The maximum atomic E-state index is 12.6. The lowest BCUT2D eigenvalue weighted by Gasteiger charge is -2.41. The summed E-state index contributed by atoms with van der Waals surface area (Å²) in [5, 5.41) is 3.05. The van der Waals surface area contributed by atoms with Crippen molar-refractivity contribution in [1.82, 2.24) is 14.7 Å². The quantitative estimate of drug-likeness (QED) is 0.847. The van der Waals surface area contributed by atoms with Gasteiger partial charge in [0.05, 0.1) is 0 Å². The van der Waals surface area contributed by atoms with Crippen molar-refractivity contribution in [1.29, 1.82) is 0 Å². The van der Waals surface area contributed by atoms with Crippen molar-refractivity contribution < 1.29 is 9.53 Å². The van der Waals surface area contributed by atoms with Crippen molar-refractivity contribution in [2.24, 2.45) is 0 Å². The topological polar surface area (TPSA) is 48.1 Å². The number of hydrogen-bond acceptors (Lipinski definition) is 4. The molecule has 0 spiro atoms. The Balaban J connectivity index is 1.63. The number of likely N-dealkylation sites (N-methyl/N-ethyl adjacent to an activating group) is 1. The Hall–Kier alpha value is -1.79. The number of benzene rings is 1. The zero-order valence-electron chi connectivity index (χ0n) is 16.5. The summed E-state index contributed by atoms with van der Waals surface area (Å²) in [6, 6.07) is 6.88. The lowest BCUT2D eigenvalue weighted by molar-refractivity contribution is 0.105. The van der Waals surface area contributed by atoms with E-state index in [2.05, 4.69) is 35.0 Å². The van der Waals surface area contributed by atoms with Gasteiger partial charge in [-0.2, -0.15) is 0 Å². The number of piperidine rings is 1. The fourth-order valence-electron chi connectivity index (χ4n) is 3.71. The normalized spacial score (nSPS) is 19.0. The van der Waals surface area contributed by atoms with Gasteiger partial charge in [-0.3, -0.25) is 0 Å². The molecule has 3 rings (SSSR count). The zero-order valence-corrected chi connectivity index (χ0v) is 16.5. The van der Waals surface area contributed by atoms with E-state index in [4.69, 9.17) is 4.74 Å². The minimum atomic E-state index is 0.0294. The first-order valence-electron chi connectivity index (χ1n) is 9.66. The summed E-state index contributed by atoms with van der Waals surface area (Å²) < 4.78 is 5.85. The average Bonchev–Trinajstić information content (AvgIpc) is 2.61. The minimum absolute atomic E-state index is 0.0294. The summed E-state index contributed by atoms with van der Waals surface area (Å²) in [6.45, 7) is 8.81. The monoisotopic (exact) mass is 360 g/mol. The van der Waals surface area contributed by atoms with Crippen molar-refractivity contribution >= 4 is 11.7 Å². The van der Waals surface area contributed by atoms with Gasteiger partial charge in [-0.15, -0.1) is 0 Å². The molecule has 144 valence electrons. The number of ether oxygens (including phenoxy) is 1. The van der Waals surface area contributed by atoms with E-state index < -0.39 is 0 Å². The molecule has 1 aromatic carbocycles. The highest BCUT2D eigenvalue weighted by molar-refractivity contribution is 5.92. The average molecular weight is 361 g/mol. The molecule has 2 aliphatic rings. The first kappa shape index (κ1) is 19.0. The van der Waals surface area contributed by atoms with Crippen LogP contribution in [0.15, 0.2) is 18.2 Å². The van der Waals surface area contributed by atoms with Gasteiger partial charge in [-0.05, 0) is 64.5 Å². The zero-order chi connectivity index (χ0) is 18.7. The number of nitrogens with one attached hydrogen (secondary N) is 1. The number of urea groups is 1. The van der Waals surface area contributed by atoms with Gasteiger partial charge in [-0.1, -0.05) is 0 Å². The summed E-state index contributed by atoms with van der Waals surface area (Å²) in [4.78, 5) is 19.2. The maximum Gasteiger partial charge on any atom is 0.322 e. The fraction of sp³-hybridized carbons (Fsp3) is 0.650. The second kappa shape index (κ2) is 8.27. The van der Waals surface area contributed by atoms with Gasteiger partial charge < -0.3 is 24.8 Å². The molecular formula is C20H32N4O2. The second-order valence-electron chi connectivity index (χ2n) is 7.89. The molecule has 0 aliphatic carbocycles. The third-order valence-corrected chi connectivity index (χ3v) is 5.40. The van der Waals surface area contributed by atoms with Gasteiger partial charge in [0.1, 0.15) is 12.4 Å². The van der Waals surface area contributed by atoms with Crippen LogP contribution in [-0.2, 0) is 6.54 Å². The number of likely N-dealkylation sites (tertiary alicyclic amines) is 1. The van der Waals surface area contributed by atoms with E-state index in [1.807, 2.05) is 31.1 Å². The van der Waals surface area contributed by atoms with Gasteiger partial charge in [0.2, 0.25) is 0 Å². The van der Waals surface area contributed by atoms with Crippen LogP contribution >= 0.6 is 0 Å². The minimum Gasteiger partial charge on any atom is -0.492 e.